The molecule has 0 aliphatic heterocycles. The second-order valence-electron chi connectivity index (χ2n) is 5.14. The Labute approximate surface area is 129 Å². The molecule has 0 unspecified atom stereocenters. The van der Waals surface area contributed by atoms with Gasteiger partial charge in [-0.1, -0.05) is 0 Å². The van der Waals surface area contributed by atoms with Gasteiger partial charge in [0.15, 0.2) is 5.82 Å². The van der Waals surface area contributed by atoms with E-state index in [9.17, 15) is 8.78 Å². The Balaban J connectivity index is 1.83. The van der Waals surface area contributed by atoms with E-state index in [0.29, 0.717) is 11.3 Å². The second kappa shape index (κ2) is 4.98. The number of fused-ring (bicyclic) bond motifs is 1. The van der Waals surface area contributed by atoms with E-state index in [2.05, 4.69) is 15.1 Å². The van der Waals surface area contributed by atoms with Crippen molar-refractivity contribution in [2.24, 2.45) is 7.05 Å². The molecule has 2 aromatic heterocycles. The molecule has 0 N–H and O–H groups in total. The van der Waals surface area contributed by atoms with E-state index in [1.807, 2.05) is 24.3 Å². The summed E-state index contributed by atoms with van der Waals surface area (Å²) < 4.78 is 30.6. The van der Waals surface area contributed by atoms with Gasteiger partial charge < -0.3 is 4.57 Å². The number of benzene rings is 2. The Morgan fingerprint density at radius 3 is 2.52 bits per heavy atom. The maximum Gasteiger partial charge on any atom is 0.153 e. The first-order valence-electron chi connectivity index (χ1n) is 6.90. The highest BCUT2D eigenvalue weighted by Gasteiger charge is 2.14. The molecule has 0 saturated heterocycles. The molecule has 0 aliphatic rings. The minimum Gasteiger partial charge on any atom is -0.327 e. The molecule has 0 bridgehead atoms. The van der Waals surface area contributed by atoms with Crippen LogP contribution in [-0.4, -0.2) is 24.3 Å². The molecule has 5 nitrogen and oxygen atoms in total. The molecular formula is C16H11F2N5. The molecule has 23 heavy (non-hydrogen) atoms. The van der Waals surface area contributed by atoms with Crippen LogP contribution in [0.1, 0.15) is 0 Å². The zero-order valence-electron chi connectivity index (χ0n) is 12.1. The van der Waals surface area contributed by atoms with E-state index in [1.165, 1.54) is 12.4 Å². The standard InChI is InChI=1S/C16H11F2N5/c1-22-14-7-11(17)6-13(18)15(14)21-16(22)10-2-4-12(5-3-10)23-9-19-8-20-23/h2-9H,1H3. The van der Waals surface area contributed by atoms with E-state index in [0.717, 1.165) is 17.3 Å². The fourth-order valence-corrected chi connectivity index (χ4v) is 2.58. The number of hydrogen-bond donors (Lipinski definition) is 0. The minimum absolute atomic E-state index is 0.157. The maximum atomic E-state index is 13.9. The van der Waals surface area contributed by atoms with Crippen molar-refractivity contribution < 1.29 is 8.78 Å². The summed E-state index contributed by atoms with van der Waals surface area (Å²) in [6, 6.07) is 9.55. The van der Waals surface area contributed by atoms with Gasteiger partial charge in [-0.3, -0.25) is 0 Å². The summed E-state index contributed by atoms with van der Waals surface area (Å²) in [4.78, 5) is 8.20. The molecule has 4 aromatic rings. The zero-order valence-corrected chi connectivity index (χ0v) is 12.1. The number of halogens is 2. The van der Waals surface area contributed by atoms with E-state index < -0.39 is 11.6 Å². The quantitative estimate of drug-likeness (QED) is 0.571. The normalized spacial score (nSPS) is 11.3. The molecule has 2 heterocycles. The van der Waals surface area contributed by atoms with Gasteiger partial charge in [0, 0.05) is 18.7 Å². The van der Waals surface area contributed by atoms with Crippen molar-refractivity contribution >= 4 is 11.0 Å². The Morgan fingerprint density at radius 2 is 1.83 bits per heavy atom. The molecule has 4 rings (SSSR count). The van der Waals surface area contributed by atoms with Gasteiger partial charge >= 0.3 is 0 Å². The van der Waals surface area contributed by atoms with Crippen LogP contribution >= 0.6 is 0 Å². The lowest BCUT2D eigenvalue weighted by Crippen LogP contribution is -1.96. The molecule has 0 radical (unpaired) electrons. The average molecular weight is 311 g/mol. The summed E-state index contributed by atoms with van der Waals surface area (Å²) in [6.45, 7) is 0. The maximum absolute atomic E-state index is 13.9. The number of aromatic nitrogens is 5. The lowest BCUT2D eigenvalue weighted by molar-refractivity contribution is 0.590. The van der Waals surface area contributed by atoms with Crippen molar-refractivity contribution in [1.82, 2.24) is 24.3 Å². The zero-order chi connectivity index (χ0) is 16.0. The topological polar surface area (TPSA) is 48.5 Å². The third-order valence-corrected chi connectivity index (χ3v) is 3.71. The molecule has 0 saturated carbocycles. The molecule has 114 valence electrons. The first-order chi connectivity index (χ1) is 11.1. The van der Waals surface area contributed by atoms with Gasteiger partial charge in [0.25, 0.3) is 0 Å². The van der Waals surface area contributed by atoms with Crippen molar-refractivity contribution in [3.63, 3.8) is 0 Å². The highest BCUT2D eigenvalue weighted by molar-refractivity contribution is 5.81. The highest BCUT2D eigenvalue weighted by atomic mass is 19.1. The number of imidazole rings is 1. The lowest BCUT2D eigenvalue weighted by Gasteiger charge is -2.04. The molecule has 2 aromatic carbocycles. The Kier molecular flexibility index (Phi) is 2.94. The molecule has 0 aliphatic carbocycles. The van der Waals surface area contributed by atoms with Gasteiger partial charge in [-0.05, 0) is 30.3 Å². The molecule has 0 atom stereocenters. The van der Waals surface area contributed by atoms with Crippen molar-refractivity contribution in [3.05, 3.63) is 60.7 Å². The van der Waals surface area contributed by atoms with Crippen LogP contribution in [0.3, 0.4) is 0 Å². The Bertz CT molecular complexity index is 988. The van der Waals surface area contributed by atoms with Crippen LogP contribution in [0.25, 0.3) is 28.1 Å². The Morgan fingerprint density at radius 1 is 1.04 bits per heavy atom. The van der Waals surface area contributed by atoms with Crippen LogP contribution in [0.15, 0.2) is 49.1 Å². The molecule has 0 fully saturated rings. The minimum atomic E-state index is -0.666. The van der Waals surface area contributed by atoms with E-state index >= 15 is 0 Å². The highest BCUT2D eigenvalue weighted by Crippen LogP contribution is 2.26. The van der Waals surface area contributed by atoms with Crippen molar-refractivity contribution in [3.8, 4) is 17.1 Å². The van der Waals surface area contributed by atoms with Gasteiger partial charge in [-0.15, -0.1) is 0 Å². The predicted molar refractivity (Wildman–Crippen MR) is 81.0 cm³/mol. The van der Waals surface area contributed by atoms with Gasteiger partial charge in [0.1, 0.15) is 29.8 Å². The lowest BCUT2D eigenvalue weighted by atomic mass is 10.2. The van der Waals surface area contributed by atoms with Crippen LogP contribution in [0, 0.1) is 11.6 Å². The van der Waals surface area contributed by atoms with Gasteiger partial charge in [-0.2, -0.15) is 5.10 Å². The SMILES string of the molecule is Cn1c(-c2ccc(-n3cncn3)cc2)nc2c(F)cc(F)cc21. The van der Waals surface area contributed by atoms with E-state index in [1.54, 1.807) is 22.6 Å². The van der Waals surface area contributed by atoms with Crippen LogP contribution < -0.4 is 0 Å². The number of rotatable bonds is 2. The first-order valence-corrected chi connectivity index (χ1v) is 6.90. The van der Waals surface area contributed by atoms with Crippen LogP contribution in [0.4, 0.5) is 8.78 Å². The van der Waals surface area contributed by atoms with Gasteiger partial charge in [0.2, 0.25) is 0 Å². The smallest absolute Gasteiger partial charge is 0.153 e. The molecular weight excluding hydrogens is 300 g/mol. The molecule has 0 spiro atoms. The fourth-order valence-electron chi connectivity index (χ4n) is 2.58. The van der Waals surface area contributed by atoms with E-state index in [-0.39, 0.29) is 5.52 Å². The van der Waals surface area contributed by atoms with Gasteiger partial charge in [0.05, 0.1) is 11.2 Å². The summed E-state index contributed by atoms with van der Waals surface area (Å²) in [6.07, 6.45) is 3.05. The fraction of sp³-hybridized carbons (Fsp3) is 0.0625. The summed E-state index contributed by atoms with van der Waals surface area (Å²) in [5, 5.41) is 4.06. The van der Waals surface area contributed by atoms with Gasteiger partial charge in [-0.25, -0.2) is 23.4 Å². The molecule has 7 heteroatoms. The van der Waals surface area contributed by atoms with Crippen LogP contribution in [0.2, 0.25) is 0 Å². The first kappa shape index (κ1) is 13.6. The monoisotopic (exact) mass is 311 g/mol. The number of nitrogens with zero attached hydrogens (tertiary/aromatic N) is 5. The number of aryl methyl sites for hydroxylation is 1. The van der Waals surface area contributed by atoms with Crippen LogP contribution in [0.5, 0.6) is 0 Å². The van der Waals surface area contributed by atoms with Crippen LogP contribution in [-0.2, 0) is 7.05 Å². The summed E-state index contributed by atoms with van der Waals surface area (Å²) >= 11 is 0. The Hall–Kier alpha value is -3.09. The molecule has 0 amide bonds. The van der Waals surface area contributed by atoms with Crippen molar-refractivity contribution in [1.29, 1.82) is 0 Å². The second-order valence-corrected chi connectivity index (χ2v) is 5.14. The summed E-state index contributed by atoms with van der Waals surface area (Å²) in [5.41, 5.74) is 2.22. The third kappa shape index (κ3) is 2.17. The third-order valence-electron chi connectivity index (χ3n) is 3.71. The van der Waals surface area contributed by atoms with Crippen molar-refractivity contribution in [2.75, 3.05) is 0 Å². The van der Waals surface area contributed by atoms with E-state index in [4.69, 9.17) is 0 Å². The summed E-state index contributed by atoms with van der Waals surface area (Å²) in [5.74, 6) is -0.721. The largest absolute Gasteiger partial charge is 0.327 e. The number of hydrogen-bond acceptors (Lipinski definition) is 3. The predicted octanol–water partition coefficient (Wildman–Crippen LogP) is 3.10. The van der Waals surface area contributed by atoms with Crippen molar-refractivity contribution in [2.45, 2.75) is 0 Å². The average Bonchev–Trinajstić information content (AvgIpc) is 3.17. The summed E-state index contributed by atoms with van der Waals surface area (Å²) in [7, 11) is 1.73.